The molecular weight excluding hydrogens is 260 g/mol. The van der Waals surface area contributed by atoms with Gasteiger partial charge in [0.05, 0.1) is 10.4 Å². The van der Waals surface area contributed by atoms with E-state index in [9.17, 15) is 25.2 Å². The smallest absolute Gasteiger partial charge is 0.314 e. The zero-order valence-electron chi connectivity index (χ0n) is 9.48. The predicted octanol–water partition coefficient (Wildman–Crippen LogP) is 2.35. The monoisotopic (exact) mass is 272 g/mol. The maximum Gasteiger partial charge on any atom is 0.314 e. The van der Waals surface area contributed by atoms with E-state index in [-0.39, 0.29) is 10.6 Å². The number of aliphatic carboxylic acids is 1. The highest BCUT2D eigenvalue weighted by molar-refractivity contribution is 6.33. The zero-order chi connectivity index (χ0) is 13.5. The van der Waals surface area contributed by atoms with E-state index in [1.54, 1.807) is 0 Å². The average Bonchev–Trinajstić information content (AvgIpc) is 2.77. The summed E-state index contributed by atoms with van der Waals surface area (Å²) in [4.78, 5) is 11.5. The van der Waals surface area contributed by atoms with Crippen molar-refractivity contribution in [2.75, 3.05) is 0 Å². The number of carboxylic acids is 1. The Bertz CT molecular complexity index is 479. The number of phenolic OH excluding ortho intramolecular Hbond substituents is 3. The number of aromatic hydroxyl groups is 3. The number of phenols is 3. The van der Waals surface area contributed by atoms with Crippen LogP contribution in [0.15, 0.2) is 6.07 Å². The highest BCUT2D eigenvalue weighted by Gasteiger charge is 2.47. The summed E-state index contributed by atoms with van der Waals surface area (Å²) in [7, 11) is 0. The quantitative estimate of drug-likeness (QED) is 0.489. The second-order valence-electron chi connectivity index (χ2n) is 4.55. The van der Waals surface area contributed by atoms with Gasteiger partial charge in [-0.25, -0.2) is 0 Å². The molecule has 0 radical (unpaired) electrons. The first-order chi connectivity index (χ1) is 8.40. The molecular formula is C12H13ClO5. The fraction of sp³-hybridized carbons (Fsp3) is 0.417. The number of carbonyl (C=O) groups is 1. The van der Waals surface area contributed by atoms with Gasteiger partial charge in [-0.2, -0.15) is 0 Å². The third-order valence-corrected chi connectivity index (χ3v) is 3.92. The summed E-state index contributed by atoms with van der Waals surface area (Å²) in [6, 6.07) is 0.895. The van der Waals surface area contributed by atoms with E-state index in [4.69, 9.17) is 11.6 Å². The molecule has 98 valence electrons. The molecule has 1 aliphatic rings. The molecule has 0 aliphatic heterocycles. The second-order valence-corrected chi connectivity index (χ2v) is 4.92. The summed E-state index contributed by atoms with van der Waals surface area (Å²) in [5.74, 6) is -2.68. The Morgan fingerprint density at radius 3 is 2.22 bits per heavy atom. The highest BCUT2D eigenvalue weighted by Crippen LogP contribution is 2.52. The summed E-state index contributed by atoms with van der Waals surface area (Å²) in [5.41, 5.74) is -1.43. The van der Waals surface area contributed by atoms with Crippen LogP contribution in [0.3, 0.4) is 0 Å². The Hall–Kier alpha value is -1.62. The molecule has 0 unspecified atom stereocenters. The topological polar surface area (TPSA) is 98.0 Å². The molecule has 0 spiro atoms. The molecule has 0 aromatic heterocycles. The van der Waals surface area contributed by atoms with Gasteiger partial charge < -0.3 is 20.4 Å². The molecule has 1 fully saturated rings. The van der Waals surface area contributed by atoms with E-state index < -0.39 is 28.6 Å². The molecule has 0 amide bonds. The first kappa shape index (κ1) is 12.8. The van der Waals surface area contributed by atoms with Crippen molar-refractivity contribution < 1.29 is 25.2 Å². The minimum absolute atomic E-state index is 0.0910. The Kier molecular flexibility index (Phi) is 3.02. The first-order valence-corrected chi connectivity index (χ1v) is 5.95. The third kappa shape index (κ3) is 1.66. The van der Waals surface area contributed by atoms with Gasteiger partial charge in [0.2, 0.25) is 0 Å². The van der Waals surface area contributed by atoms with Gasteiger partial charge in [-0.1, -0.05) is 24.4 Å². The molecule has 4 N–H and O–H groups in total. The van der Waals surface area contributed by atoms with Crippen molar-refractivity contribution in [3.05, 3.63) is 16.7 Å². The van der Waals surface area contributed by atoms with Crippen molar-refractivity contribution in [2.45, 2.75) is 31.1 Å². The Morgan fingerprint density at radius 1 is 1.17 bits per heavy atom. The van der Waals surface area contributed by atoms with Crippen LogP contribution in [0.25, 0.3) is 0 Å². The number of hydrogen-bond acceptors (Lipinski definition) is 4. The minimum atomic E-state index is -1.34. The van der Waals surface area contributed by atoms with Crippen molar-refractivity contribution in [2.24, 2.45) is 0 Å². The summed E-state index contributed by atoms with van der Waals surface area (Å²) in [6.45, 7) is 0. The van der Waals surface area contributed by atoms with Gasteiger partial charge in [-0.3, -0.25) is 4.79 Å². The molecule has 18 heavy (non-hydrogen) atoms. The normalized spacial score (nSPS) is 17.8. The molecule has 1 aromatic carbocycles. The summed E-state index contributed by atoms with van der Waals surface area (Å²) >= 11 is 5.90. The molecule has 0 bridgehead atoms. The number of benzene rings is 1. The van der Waals surface area contributed by atoms with Gasteiger partial charge in [0.25, 0.3) is 0 Å². The van der Waals surface area contributed by atoms with Crippen LogP contribution in [0.4, 0.5) is 0 Å². The van der Waals surface area contributed by atoms with Gasteiger partial charge >= 0.3 is 5.97 Å². The Labute approximate surface area is 108 Å². The van der Waals surface area contributed by atoms with Crippen LogP contribution in [0, 0.1) is 0 Å². The Morgan fingerprint density at radius 2 is 1.72 bits per heavy atom. The molecule has 6 heteroatoms. The predicted molar refractivity (Wildman–Crippen MR) is 64.2 cm³/mol. The molecule has 5 nitrogen and oxygen atoms in total. The molecule has 0 atom stereocenters. The fourth-order valence-electron chi connectivity index (χ4n) is 2.61. The van der Waals surface area contributed by atoms with Crippen LogP contribution in [-0.2, 0) is 10.2 Å². The van der Waals surface area contributed by atoms with Crippen molar-refractivity contribution in [1.82, 2.24) is 0 Å². The molecule has 1 aromatic rings. The SMILES string of the molecule is O=C(O)C1(c2c(O)c(O)cc(O)c2Cl)CCCC1. The van der Waals surface area contributed by atoms with Crippen LogP contribution >= 0.6 is 11.6 Å². The van der Waals surface area contributed by atoms with E-state index in [0.717, 1.165) is 6.07 Å². The van der Waals surface area contributed by atoms with E-state index >= 15 is 0 Å². The van der Waals surface area contributed by atoms with Crippen molar-refractivity contribution in [1.29, 1.82) is 0 Å². The zero-order valence-corrected chi connectivity index (χ0v) is 10.2. The largest absolute Gasteiger partial charge is 0.506 e. The standard InChI is InChI=1S/C12H13ClO5/c13-9-6(14)5-7(15)10(16)8(9)12(11(17)18)3-1-2-4-12/h5,14-16H,1-4H2,(H,17,18). The maximum absolute atomic E-state index is 11.5. The van der Waals surface area contributed by atoms with E-state index in [1.807, 2.05) is 0 Å². The molecule has 0 saturated heterocycles. The highest BCUT2D eigenvalue weighted by atomic mass is 35.5. The lowest BCUT2D eigenvalue weighted by atomic mass is 9.78. The average molecular weight is 273 g/mol. The van der Waals surface area contributed by atoms with Crippen molar-refractivity contribution in [3.63, 3.8) is 0 Å². The second kappa shape index (κ2) is 4.24. The lowest BCUT2D eigenvalue weighted by molar-refractivity contribution is -0.143. The van der Waals surface area contributed by atoms with Gasteiger partial charge in [0.15, 0.2) is 11.5 Å². The van der Waals surface area contributed by atoms with Crippen LogP contribution in [0.5, 0.6) is 17.2 Å². The van der Waals surface area contributed by atoms with Crippen LogP contribution in [0.1, 0.15) is 31.2 Å². The summed E-state index contributed by atoms with van der Waals surface area (Å²) < 4.78 is 0. The van der Waals surface area contributed by atoms with Crippen LogP contribution < -0.4 is 0 Å². The van der Waals surface area contributed by atoms with E-state index in [2.05, 4.69) is 0 Å². The lowest BCUT2D eigenvalue weighted by Crippen LogP contribution is -2.33. The summed E-state index contributed by atoms with van der Waals surface area (Å²) in [5, 5.41) is 38.1. The number of carboxylic acid groups (broad SMARTS) is 1. The van der Waals surface area contributed by atoms with Crippen molar-refractivity contribution in [3.8, 4) is 17.2 Å². The van der Waals surface area contributed by atoms with Crippen molar-refractivity contribution >= 4 is 17.6 Å². The van der Waals surface area contributed by atoms with Gasteiger partial charge in [-0.05, 0) is 12.8 Å². The van der Waals surface area contributed by atoms with Crippen LogP contribution in [0.2, 0.25) is 5.02 Å². The third-order valence-electron chi connectivity index (χ3n) is 3.54. The summed E-state index contributed by atoms with van der Waals surface area (Å²) in [6.07, 6.45) is 2.02. The Balaban J connectivity index is 2.73. The molecule has 2 rings (SSSR count). The molecule has 1 saturated carbocycles. The molecule has 1 aliphatic carbocycles. The lowest BCUT2D eigenvalue weighted by Gasteiger charge is -2.26. The first-order valence-electron chi connectivity index (χ1n) is 5.57. The molecule has 0 heterocycles. The fourth-order valence-corrected chi connectivity index (χ4v) is 2.93. The van der Waals surface area contributed by atoms with Gasteiger partial charge in [0.1, 0.15) is 5.75 Å². The van der Waals surface area contributed by atoms with Crippen LogP contribution in [-0.4, -0.2) is 26.4 Å². The van der Waals surface area contributed by atoms with E-state index in [0.29, 0.717) is 25.7 Å². The van der Waals surface area contributed by atoms with Gasteiger partial charge in [-0.15, -0.1) is 0 Å². The minimum Gasteiger partial charge on any atom is -0.506 e. The van der Waals surface area contributed by atoms with E-state index in [1.165, 1.54) is 0 Å². The number of rotatable bonds is 2. The number of hydrogen-bond donors (Lipinski definition) is 4. The number of halogens is 1. The maximum atomic E-state index is 11.5. The van der Waals surface area contributed by atoms with Gasteiger partial charge in [0, 0.05) is 11.6 Å².